The Bertz CT molecular complexity index is 3820. The summed E-state index contributed by atoms with van der Waals surface area (Å²) in [5.74, 6) is -2.00. The molecule has 26 heteroatoms. The van der Waals surface area contributed by atoms with Crippen LogP contribution in [-0.4, -0.2) is 97.7 Å². The monoisotopic (exact) mass is 1030 g/mol. The summed E-state index contributed by atoms with van der Waals surface area (Å²) < 4.78 is 44.1. The van der Waals surface area contributed by atoms with E-state index in [1.54, 1.807) is 98.9 Å². The van der Waals surface area contributed by atoms with Crippen molar-refractivity contribution in [3.05, 3.63) is 191 Å². The van der Waals surface area contributed by atoms with Crippen LogP contribution in [0, 0.1) is 13.8 Å². The Kier molecular flexibility index (Phi) is 14.1. The van der Waals surface area contributed by atoms with Crippen LogP contribution in [0.1, 0.15) is 71.2 Å². The molecule has 0 saturated carbocycles. The average molecular weight is 1030 g/mol. The lowest BCUT2D eigenvalue weighted by molar-refractivity contribution is -0.138. The molecule has 0 saturated heterocycles. The molecule has 0 radical (unpaired) electrons. The number of aromatic amines is 1. The number of para-hydroxylation sites is 1. The van der Waals surface area contributed by atoms with Crippen LogP contribution in [0.3, 0.4) is 0 Å². The number of pyridine rings is 5. The van der Waals surface area contributed by atoms with E-state index in [9.17, 15) is 27.6 Å². The lowest BCUT2D eigenvalue weighted by Gasteiger charge is -2.14. The number of nitrogens with zero attached hydrogens (tertiary/aromatic N) is 15. The summed E-state index contributed by atoms with van der Waals surface area (Å²) in [6.07, 6.45) is 2.22. The summed E-state index contributed by atoms with van der Waals surface area (Å²) in [5.41, 5.74) is 0.755. The Labute approximate surface area is 433 Å². The summed E-state index contributed by atoms with van der Waals surface area (Å²) in [6, 6.07) is 27.1. The number of nitrogens with one attached hydrogen (secondary N) is 5. The van der Waals surface area contributed by atoms with Crippen molar-refractivity contribution < 1.29 is 27.6 Å². The number of aromatic nitrogens is 16. The van der Waals surface area contributed by atoms with E-state index in [2.05, 4.69) is 101 Å². The van der Waals surface area contributed by atoms with Crippen molar-refractivity contribution in [1.82, 2.24) is 80.0 Å². The number of halogens is 3. The highest BCUT2D eigenvalue weighted by Crippen LogP contribution is 2.32. The number of anilines is 5. The van der Waals surface area contributed by atoms with E-state index >= 15 is 0 Å². The lowest BCUT2D eigenvalue weighted by Crippen LogP contribution is -2.23. The van der Waals surface area contributed by atoms with Crippen molar-refractivity contribution in [3.63, 3.8) is 0 Å². The highest BCUT2D eigenvalue weighted by molar-refractivity contribution is 6.05. The quantitative estimate of drug-likeness (QED) is 0.0674. The van der Waals surface area contributed by atoms with Gasteiger partial charge in [-0.25, -0.2) is 19.9 Å². The SMILES string of the molecule is Cc1nc(NC(=O)c2cc(Nc3ccccc3Cc3nc(NC(=O)c4nc(Cc5nc(NC(=O)c6ccncc6C)nc(-c6ccccn6)n5)ccc4C(F)(F)F)nc(-c4ccccn4)n3)n[nH]2)nc(-c2ccccn2)n1. The number of carbonyl (C=O) groups excluding carboxylic acids is 3. The Hall–Kier alpha value is -10.8. The minimum atomic E-state index is -5.03. The van der Waals surface area contributed by atoms with Gasteiger partial charge in [-0.05, 0) is 85.6 Å². The normalized spacial score (nSPS) is 11.2. The van der Waals surface area contributed by atoms with Crippen molar-refractivity contribution in [2.24, 2.45) is 0 Å². The number of rotatable bonds is 15. The molecule has 0 aliphatic rings. The number of aryl methyl sites for hydroxylation is 2. The number of H-pyrrole nitrogens is 1. The summed E-state index contributed by atoms with van der Waals surface area (Å²) in [5, 5.41) is 17.9. The van der Waals surface area contributed by atoms with Gasteiger partial charge in [-0.15, -0.1) is 0 Å². The first kappa shape index (κ1) is 49.8. The topological polar surface area (TPSA) is 308 Å². The average Bonchev–Trinajstić information content (AvgIpc) is 3.90. The van der Waals surface area contributed by atoms with Gasteiger partial charge in [-0.1, -0.05) is 36.4 Å². The van der Waals surface area contributed by atoms with E-state index in [1.807, 2.05) is 0 Å². The van der Waals surface area contributed by atoms with Crippen molar-refractivity contribution in [2.75, 3.05) is 21.3 Å². The fourth-order valence-electron chi connectivity index (χ4n) is 7.47. The Morgan fingerprint density at radius 3 is 1.74 bits per heavy atom. The zero-order chi connectivity index (χ0) is 53.5. The zero-order valence-electron chi connectivity index (χ0n) is 40.2. The van der Waals surface area contributed by atoms with Crippen LogP contribution < -0.4 is 21.3 Å². The first-order valence-corrected chi connectivity index (χ1v) is 23.1. The molecule has 0 atom stereocenters. The van der Waals surface area contributed by atoms with Gasteiger partial charge in [0.2, 0.25) is 17.8 Å². The van der Waals surface area contributed by atoms with Crippen LogP contribution in [0.5, 0.6) is 0 Å². The lowest BCUT2D eigenvalue weighted by atomic mass is 10.1. The van der Waals surface area contributed by atoms with E-state index in [0.717, 1.165) is 12.1 Å². The molecule has 9 heterocycles. The van der Waals surface area contributed by atoms with E-state index in [0.29, 0.717) is 39.6 Å². The first-order valence-electron chi connectivity index (χ1n) is 23.1. The maximum absolute atomic E-state index is 14.7. The van der Waals surface area contributed by atoms with Crippen molar-refractivity contribution in [1.29, 1.82) is 0 Å². The fraction of sp³-hybridized carbons (Fsp3) is 0.0980. The Morgan fingerprint density at radius 1 is 0.558 bits per heavy atom. The number of hydrogen-bond acceptors (Lipinski definition) is 19. The smallest absolute Gasteiger partial charge is 0.338 e. The Morgan fingerprint density at radius 2 is 1.13 bits per heavy atom. The predicted octanol–water partition coefficient (Wildman–Crippen LogP) is 7.26. The van der Waals surface area contributed by atoms with Crippen LogP contribution in [0.4, 0.5) is 42.5 Å². The van der Waals surface area contributed by atoms with Gasteiger partial charge in [0.05, 0.1) is 12.0 Å². The van der Waals surface area contributed by atoms with Crippen molar-refractivity contribution in [3.8, 4) is 34.6 Å². The second kappa shape index (κ2) is 21.7. The van der Waals surface area contributed by atoms with Gasteiger partial charge in [0, 0.05) is 60.4 Å². The van der Waals surface area contributed by atoms with Crippen LogP contribution in [0.2, 0.25) is 0 Å². The van der Waals surface area contributed by atoms with Gasteiger partial charge in [-0.3, -0.25) is 55.4 Å². The maximum Gasteiger partial charge on any atom is 0.418 e. The first-order chi connectivity index (χ1) is 37.3. The predicted molar refractivity (Wildman–Crippen MR) is 270 cm³/mol. The van der Waals surface area contributed by atoms with E-state index in [-0.39, 0.29) is 76.8 Å². The maximum atomic E-state index is 14.7. The van der Waals surface area contributed by atoms with Gasteiger partial charge in [0.1, 0.15) is 45.9 Å². The highest BCUT2D eigenvalue weighted by atomic mass is 19.4. The molecule has 10 aromatic rings. The molecule has 10 rings (SSSR count). The summed E-state index contributed by atoms with van der Waals surface area (Å²) in [4.78, 5) is 101. The van der Waals surface area contributed by atoms with E-state index in [4.69, 9.17) is 0 Å². The minimum absolute atomic E-state index is 0.00175. The van der Waals surface area contributed by atoms with Gasteiger partial charge < -0.3 is 5.32 Å². The van der Waals surface area contributed by atoms with Gasteiger partial charge in [-0.2, -0.15) is 48.2 Å². The number of hydrogen-bond donors (Lipinski definition) is 5. The molecule has 5 N–H and O–H groups in total. The number of alkyl halides is 3. The molecule has 0 unspecified atom stereocenters. The summed E-state index contributed by atoms with van der Waals surface area (Å²) in [6.45, 7) is 3.36. The third-order valence-corrected chi connectivity index (χ3v) is 11.0. The molecule has 23 nitrogen and oxygen atoms in total. The summed E-state index contributed by atoms with van der Waals surface area (Å²) in [7, 11) is 0. The zero-order valence-corrected chi connectivity index (χ0v) is 40.2. The van der Waals surface area contributed by atoms with E-state index in [1.165, 1.54) is 36.9 Å². The Balaban J connectivity index is 0.905. The van der Waals surface area contributed by atoms with Crippen molar-refractivity contribution >= 4 is 47.1 Å². The second-order valence-electron chi connectivity index (χ2n) is 16.5. The molecule has 0 aliphatic carbocycles. The van der Waals surface area contributed by atoms with Gasteiger partial charge in [0.15, 0.2) is 23.3 Å². The largest absolute Gasteiger partial charge is 0.418 e. The van der Waals surface area contributed by atoms with Gasteiger partial charge >= 0.3 is 6.18 Å². The second-order valence-corrected chi connectivity index (χ2v) is 16.5. The molecule has 0 fully saturated rings. The molecule has 1 aromatic carbocycles. The number of carbonyl (C=O) groups is 3. The molecule has 3 amide bonds. The van der Waals surface area contributed by atoms with Crippen LogP contribution in [0.15, 0.2) is 134 Å². The van der Waals surface area contributed by atoms with Crippen molar-refractivity contribution in [2.45, 2.75) is 32.9 Å². The number of amides is 3. The highest BCUT2D eigenvalue weighted by Gasteiger charge is 2.37. The number of benzene rings is 1. The third kappa shape index (κ3) is 12.0. The fourth-order valence-corrected chi connectivity index (χ4v) is 7.47. The van der Waals surface area contributed by atoms with Crippen LogP contribution in [0.25, 0.3) is 34.6 Å². The molecule has 77 heavy (non-hydrogen) atoms. The molecule has 9 aromatic heterocycles. The van der Waals surface area contributed by atoms with Gasteiger partial charge in [0.25, 0.3) is 17.7 Å². The molecule has 0 bridgehead atoms. The van der Waals surface area contributed by atoms with Crippen LogP contribution >= 0.6 is 0 Å². The minimum Gasteiger partial charge on any atom is -0.338 e. The standard InChI is InChI=1S/C51H37F3N20O3/c1-27-26-55-22-18-31(27)45(75)70-49-66-39(64-44(68-49)36-15-7-10-21-58-36)24-30-16-17-32(51(52,53)54)41(61-30)47(77)72-50-65-38(63-43(69-50)35-14-6-9-20-57-35)23-29-11-3-4-12-33(29)62-40-25-37(73-74-40)46(76)71-48-60-28(2)59-42(67-48)34-13-5-8-19-56-34/h3-22,25-26H,23-24H2,1-2H3,(H2,62,73,74)(H,59,60,67,71,76)(H,63,65,69,72,77)(H,64,66,68,70,75). The van der Waals surface area contributed by atoms with E-state index < -0.39 is 41.1 Å². The molecule has 0 aliphatic heterocycles. The summed E-state index contributed by atoms with van der Waals surface area (Å²) >= 11 is 0. The van der Waals surface area contributed by atoms with Crippen LogP contribution in [-0.2, 0) is 19.0 Å². The molecular formula is C51H37F3N20O3. The molecular weight excluding hydrogens is 998 g/mol. The third-order valence-electron chi connectivity index (χ3n) is 11.0. The molecule has 380 valence electrons. The molecule has 0 spiro atoms.